The molecule has 0 fully saturated rings. The van der Waals surface area contributed by atoms with Gasteiger partial charge in [0.25, 0.3) is 0 Å². The minimum Gasteiger partial charge on any atom is 0 e. The number of hydrogen-bond donors (Lipinski definition) is 0. The van der Waals surface area contributed by atoms with Gasteiger partial charge in [-0.15, -0.1) is 18.2 Å². The van der Waals surface area contributed by atoms with Crippen LogP contribution in [0.25, 0.3) is 70.7 Å². The number of benzene rings is 6. The molecule has 0 aliphatic heterocycles. The maximum absolute atomic E-state index is 5.24. The van der Waals surface area contributed by atoms with Gasteiger partial charge in [0.2, 0.25) is 0 Å². The van der Waals surface area contributed by atoms with Crippen molar-refractivity contribution in [3.8, 4) is 39.5 Å². The molecular weight excluding hydrogens is 939 g/mol. The van der Waals surface area contributed by atoms with Gasteiger partial charge < -0.3 is 4.57 Å². The number of aromatic nitrogens is 3. The van der Waals surface area contributed by atoms with E-state index in [1.54, 1.807) is 0 Å². The van der Waals surface area contributed by atoms with Gasteiger partial charge in [0.05, 0.1) is 16.9 Å². The Hall–Kier alpha value is -4.65. The molecule has 6 heteroatoms. The molecule has 3 nitrogen and oxygen atoms in total. The summed E-state index contributed by atoms with van der Waals surface area (Å²) in [4.78, 5) is 9.77. The van der Waals surface area contributed by atoms with E-state index in [9.17, 15) is 0 Å². The van der Waals surface area contributed by atoms with Crippen molar-refractivity contribution in [2.75, 3.05) is 0 Å². The van der Waals surface area contributed by atoms with Crippen LogP contribution < -0.4 is 4.40 Å². The second kappa shape index (κ2) is 16.1. The molecule has 0 amide bonds. The van der Waals surface area contributed by atoms with E-state index in [1.165, 1.54) is 46.8 Å². The number of aryl methyl sites for hydroxylation is 1. The van der Waals surface area contributed by atoms with Crippen molar-refractivity contribution in [2.24, 2.45) is 0 Å². The van der Waals surface area contributed by atoms with Crippen molar-refractivity contribution in [1.29, 1.82) is 0 Å². The average Bonchev–Trinajstić information content (AvgIpc) is 3.76. The SMILES string of the molecule is Cc1ccc2c(c1)sc1c(-c3nc4ccccc4n3-c3ccc(C(C)(C)C)cc3-c3ccccc3)[c-]ccc12.[CH3][Ge]([CH3])([CH3])[c]1ccc(-c2[c-]cccc2)nc1.[Ir]. The Kier molecular flexibility index (Phi) is 11.4. The van der Waals surface area contributed by atoms with Crippen molar-refractivity contribution in [3.05, 3.63) is 169 Å². The van der Waals surface area contributed by atoms with Gasteiger partial charge in [-0.05, 0) is 69.4 Å². The van der Waals surface area contributed by atoms with Gasteiger partial charge in [0, 0.05) is 36.1 Å². The van der Waals surface area contributed by atoms with Crippen molar-refractivity contribution < 1.29 is 20.1 Å². The van der Waals surface area contributed by atoms with Gasteiger partial charge in [0.15, 0.2) is 0 Å². The van der Waals surface area contributed by atoms with Crippen LogP contribution in [0.15, 0.2) is 146 Å². The van der Waals surface area contributed by atoms with Crippen LogP contribution in [-0.4, -0.2) is 27.8 Å². The van der Waals surface area contributed by atoms with Crippen molar-refractivity contribution in [2.45, 2.75) is 50.4 Å². The van der Waals surface area contributed by atoms with Crippen LogP contribution >= 0.6 is 11.3 Å². The fourth-order valence-corrected chi connectivity index (χ4v) is 10.5. The van der Waals surface area contributed by atoms with Crippen LogP contribution in [0, 0.1) is 19.1 Å². The number of hydrogen-bond acceptors (Lipinski definition) is 3. The zero-order valence-electron chi connectivity index (χ0n) is 32.9. The van der Waals surface area contributed by atoms with E-state index < -0.39 is 13.3 Å². The van der Waals surface area contributed by atoms with Crippen LogP contribution in [0.2, 0.25) is 17.3 Å². The fourth-order valence-electron chi connectivity index (χ4n) is 7.05. The molecule has 3 aromatic heterocycles. The molecule has 281 valence electrons. The monoisotopic (exact) mass is 986 g/mol. The van der Waals surface area contributed by atoms with E-state index >= 15 is 0 Å². The Morgan fingerprint density at radius 2 is 1.48 bits per heavy atom. The molecule has 0 unspecified atom stereocenters. The summed E-state index contributed by atoms with van der Waals surface area (Å²) in [6.45, 7) is 8.97. The number of fused-ring (bicyclic) bond motifs is 4. The van der Waals surface area contributed by atoms with E-state index in [2.05, 4.69) is 176 Å². The predicted octanol–water partition coefficient (Wildman–Crippen LogP) is 13.2. The summed E-state index contributed by atoms with van der Waals surface area (Å²) in [5.74, 6) is 8.06. The summed E-state index contributed by atoms with van der Waals surface area (Å²) >= 11 is 0.117. The van der Waals surface area contributed by atoms with Crippen LogP contribution in [0.5, 0.6) is 0 Å². The molecule has 3 heterocycles. The molecule has 6 aromatic carbocycles. The van der Waals surface area contributed by atoms with Crippen LogP contribution in [0.3, 0.4) is 0 Å². The molecule has 0 aliphatic carbocycles. The average molecular weight is 985 g/mol. The van der Waals surface area contributed by atoms with E-state index in [-0.39, 0.29) is 25.5 Å². The van der Waals surface area contributed by atoms with Crippen molar-refractivity contribution >= 4 is 60.2 Å². The quantitative estimate of drug-likeness (QED) is 0.127. The zero-order valence-corrected chi connectivity index (χ0v) is 38.2. The molecule has 0 spiro atoms. The topological polar surface area (TPSA) is 30.7 Å². The Balaban J connectivity index is 0.000000238. The van der Waals surface area contributed by atoms with E-state index in [1.807, 2.05) is 47.9 Å². The maximum Gasteiger partial charge on any atom is 0 e. The molecule has 0 saturated heterocycles. The van der Waals surface area contributed by atoms with Crippen LogP contribution in [-0.2, 0) is 25.5 Å². The van der Waals surface area contributed by atoms with Gasteiger partial charge in [-0.1, -0.05) is 92.4 Å². The molecule has 0 bridgehead atoms. The molecule has 0 saturated carbocycles. The third kappa shape index (κ3) is 7.97. The van der Waals surface area contributed by atoms with Gasteiger partial charge >= 0.3 is 99.8 Å². The number of pyridine rings is 1. The molecule has 1 radical (unpaired) electrons. The fraction of sp³-hybridized carbons (Fsp3) is 0.160. The number of rotatable bonds is 5. The largest absolute Gasteiger partial charge is 0 e. The van der Waals surface area contributed by atoms with Gasteiger partial charge in [-0.25, -0.2) is 0 Å². The molecule has 9 rings (SSSR count). The van der Waals surface area contributed by atoms with Crippen LogP contribution in [0.4, 0.5) is 0 Å². The van der Waals surface area contributed by atoms with Gasteiger partial charge in [-0.3, -0.25) is 4.98 Å². The molecule has 0 atom stereocenters. The number of imidazole rings is 1. The first-order valence-corrected chi connectivity index (χ1v) is 27.1. The van der Waals surface area contributed by atoms with Gasteiger partial charge in [-0.2, -0.15) is 11.3 Å². The van der Waals surface area contributed by atoms with Crippen molar-refractivity contribution in [1.82, 2.24) is 14.5 Å². The number of nitrogens with zero attached hydrogens (tertiary/aromatic N) is 3. The van der Waals surface area contributed by atoms with E-state index in [0.717, 1.165) is 39.4 Å². The Bertz CT molecular complexity index is 2770. The normalized spacial score (nSPS) is 11.7. The number of thiophene rings is 1. The first-order chi connectivity index (χ1) is 26.5. The predicted molar refractivity (Wildman–Crippen MR) is 239 cm³/mol. The Morgan fingerprint density at radius 1 is 0.714 bits per heavy atom. The summed E-state index contributed by atoms with van der Waals surface area (Å²) in [5.41, 5.74) is 11.3. The molecule has 0 N–H and O–H groups in total. The number of para-hydroxylation sites is 2. The summed E-state index contributed by atoms with van der Waals surface area (Å²) in [5, 5.41) is 2.55. The van der Waals surface area contributed by atoms with Gasteiger partial charge in [0.1, 0.15) is 0 Å². The molecule has 0 aliphatic rings. The van der Waals surface area contributed by atoms with E-state index in [4.69, 9.17) is 4.98 Å². The minimum absolute atomic E-state index is 0. The van der Waals surface area contributed by atoms with Crippen LogP contribution in [0.1, 0.15) is 31.9 Å². The molecule has 9 aromatic rings. The first-order valence-electron chi connectivity index (χ1n) is 18.9. The first kappa shape index (κ1) is 39.6. The molecule has 56 heavy (non-hydrogen) atoms. The maximum atomic E-state index is 5.24. The minimum atomic E-state index is -1.72. The van der Waals surface area contributed by atoms with E-state index in [0.29, 0.717) is 0 Å². The second-order valence-corrected chi connectivity index (χ2v) is 28.0. The molecular formula is C50H45GeIrN3S-2. The summed E-state index contributed by atoms with van der Waals surface area (Å²) in [6.07, 6.45) is 2.04. The second-order valence-electron chi connectivity index (χ2n) is 16.3. The zero-order chi connectivity index (χ0) is 38.3. The Labute approximate surface area is 351 Å². The van der Waals surface area contributed by atoms with Crippen molar-refractivity contribution in [3.63, 3.8) is 0 Å². The summed E-state index contributed by atoms with van der Waals surface area (Å²) in [6, 6.07) is 56.1. The Morgan fingerprint density at radius 3 is 2.20 bits per heavy atom. The smallest absolute Gasteiger partial charge is 0 e. The third-order valence-electron chi connectivity index (χ3n) is 10.2. The summed E-state index contributed by atoms with van der Waals surface area (Å²) in [7, 11) is 0. The summed E-state index contributed by atoms with van der Waals surface area (Å²) < 4.78 is 6.31. The third-order valence-corrected chi connectivity index (χ3v) is 15.6. The standard InChI is InChI=1S/C36H29N2S.C14H16GeN.Ir/c1-23-17-19-26-27-13-10-14-28(34(27)39-33(26)21-23)35-37-30-15-8-9-16-32(30)38(35)31-20-18-25(36(2,3)4)22-29(31)24-11-6-5-7-12-24;1-15(2,3)13-9-10-14(16-11-13)12-7-5-4-6-8-12;/h5-13,15-22H,1-4H3;4-7,9-11H,1-3H3;/q2*-1;.